The lowest BCUT2D eigenvalue weighted by atomic mass is 9.95. The highest BCUT2D eigenvalue weighted by atomic mass is 127. The molecule has 160 valence electrons. The molecule has 8 heteroatoms. The third kappa shape index (κ3) is 3.92. The van der Waals surface area contributed by atoms with Gasteiger partial charge in [-0.25, -0.2) is 0 Å². The topological polar surface area (TPSA) is 83.1 Å². The second-order valence-electron chi connectivity index (χ2n) is 6.87. The van der Waals surface area contributed by atoms with Crippen LogP contribution in [0, 0.1) is 3.57 Å². The van der Waals surface area contributed by atoms with Gasteiger partial charge in [-0.15, -0.1) is 0 Å². The molecule has 7 nitrogen and oxygen atoms in total. The molecule has 0 saturated heterocycles. The fourth-order valence-electron chi connectivity index (χ4n) is 3.93. The minimum atomic E-state index is -0.341. The van der Waals surface area contributed by atoms with E-state index in [-0.39, 0.29) is 23.1 Å². The van der Waals surface area contributed by atoms with Gasteiger partial charge in [-0.1, -0.05) is 0 Å². The van der Waals surface area contributed by atoms with Gasteiger partial charge in [0, 0.05) is 12.5 Å². The van der Waals surface area contributed by atoms with Crippen molar-refractivity contribution in [3.05, 3.63) is 43.1 Å². The second-order valence-corrected chi connectivity index (χ2v) is 8.04. The van der Waals surface area contributed by atoms with Gasteiger partial charge in [0.15, 0.2) is 17.2 Å². The predicted molar refractivity (Wildman–Crippen MR) is 122 cm³/mol. The zero-order chi connectivity index (χ0) is 22.0. The molecule has 0 saturated carbocycles. The number of fused-ring (bicyclic) bond motifs is 3. The summed E-state index contributed by atoms with van der Waals surface area (Å²) < 4.78 is 22.9. The van der Waals surface area contributed by atoms with Crippen molar-refractivity contribution in [3.63, 3.8) is 0 Å². The van der Waals surface area contributed by atoms with Crippen molar-refractivity contribution in [2.45, 2.75) is 25.8 Å². The highest BCUT2D eigenvalue weighted by Gasteiger charge is 2.30. The molecule has 0 fully saturated rings. The second kappa shape index (κ2) is 9.11. The van der Waals surface area contributed by atoms with E-state index in [1.807, 2.05) is 12.1 Å². The van der Waals surface area contributed by atoms with E-state index in [2.05, 4.69) is 27.9 Å². The Kier molecular flexibility index (Phi) is 6.74. The van der Waals surface area contributed by atoms with Gasteiger partial charge < -0.3 is 24.3 Å². The zero-order valence-electron chi connectivity index (χ0n) is 17.6. The lowest BCUT2D eigenvalue weighted by molar-refractivity contribution is -0.119. The van der Waals surface area contributed by atoms with Gasteiger partial charge in [0.2, 0.25) is 17.1 Å². The third-order valence-corrected chi connectivity index (χ3v) is 5.95. The molecule has 30 heavy (non-hydrogen) atoms. The first-order valence-electron chi connectivity index (χ1n) is 9.37. The van der Waals surface area contributed by atoms with Crippen molar-refractivity contribution in [2.75, 3.05) is 28.4 Å². The lowest BCUT2D eigenvalue weighted by Gasteiger charge is -2.19. The summed E-state index contributed by atoms with van der Waals surface area (Å²) in [6, 6.07) is 5.02. The molecule has 2 aromatic carbocycles. The molecule has 0 radical (unpaired) electrons. The number of hydrogen-bond acceptors (Lipinski definition) is 6. The molecule has 0 heterocycles. The van der Waals surface area contributed by atoms with E-state index >= 15 is 0 Å². The predicted octanol–water partition coefficient (Wildman–Crippen LogP) is 3.48. The van der Waals surface area contributed by atoms with Crippen molar-refractivity contribution in [2.24, 2.45) is 0 Å². The van der Waals surface area contributed by atoms with Crippen molar-refractivity contribution in [1.82, 2.24) is 5.32 Å². The smallest absolute Gasteiger partial charge is 0.221 e. The van der Waals surface area contributed by atoms with Gasteiger partial charge in [0.25, 0.3) is 0 Å². The Morgan fingerprint density at radius 2 is 1.67 bits per heavy atom. The van der Waals surface area contributed by atoms with E-state index in [0.717, 1.165) is 16.7 Å². The van der Waals surface area contributed by atoms with E-state index in [9.17, 15) is 9.59 Å². The number of benzene rings is 1. The van der Waals surface area contributed by atoms with Crippen molar-refractivity contribution in [3.8, 4) is 34.1 Å². The third-order valence-electron chi connectivity index (χ3n) is 5.15. The van der Waals surface area contributed by atoms with Crippen molar-refractivity contribution in [1.29, 1.82) is 0 Å². The van der Waals surface area contributed by atoms with Gasteiger partial charge in [0.1, 0.15) is 0 Å². The molecule has 0 bridgehead atoms. The maximum atomic E-state index is 12.9. The summed E-state index contributed by atoms with van der Waals surface area (Å²) in [6.07, 6.45) is 1.26. The average Bonchev–Trinajstić information content (AvgIpc) is 2.92. The van der Waals surface area contributed by atoms with Crippen LogP contribution in [0.15, 0.2) is 23.0 Å². The summed E-state index contributed by atoms with van der Waals surface area (Å²) in [5, 5.41) is 2.98. The summed E-state index contributed by atoms with van der Waals surface area (Å²) in [7, 11) is 6.17. The number of halogens is 1. The molecule has 0 aliphatic heterocycles. The minimum absolute atomic E-state index is 0.167. The molecule has 1 aliphatic rings. The number of carbonyl (C=O) groups is 1. The monoisotopic (exact) mass is 525 g/mol. The Hall–Kier alpha value is -2.49. The summed E-state index contributed by atoms with van der Waals surface area (Å²) in [4.78, 5) is 24.8. The van der Waals surface area contributed by atoms with Crippen LogP contribution in [0.3, 0.4) is 0 Å². The van der Waals surface area contributed by atoms with E-state index in [1.54, 1.807) is 27.4 Å². The average molecular weight is 525 g/mol. The Morgan fingerprint density at radius 3 is 2.23 bits per heavy atom. The summed E-state index contributed by atoms with van der Waals surface area (Å²) >= 11 is 2.09. The lowest BCUT2D eigenvalue weighted by Crippen LogP contribution is -2.26. The zero-order valence-corrected chi connectivity index (χ0v) is 19.7. The molecule has 1 N–H and O–H groups in total. The largest absolute Gasteiger partial charge is 0.493 e. The van der Waals surface area contributed by atoms with Gasteiger partial charge in [-0.3, -0.25) is 9.59 Å². The number of nitrogens with one attached hydrogen (secondary N) is 1. The van der Waals surface area contributed by atoms with Crippen LogP contribution in [0.2, 0.25) is 0 Å². The molecular formula is C22H24INO6. The van der Waals surface area contributed by atoms with Crippen LogP contribution < -0.4 is 29.7 Å². The van der Waals surface area contributed by atoms with Gasteiger partial charge in [0.05, 0.1) is 38.1 Å². The summed E-state index contributed by atoms with van der Waals surface area (Å²) in [5.41, 5.74) is 3.03. The van der Waals surface area contributed by atoms with Gasteiger partial charge in [-0.05, 0) is 70.3 Å². The molecule has 1 amide bonds. The van der Waals surface area contributed by atoms with Crippen molar-refractivity contribution < 1.29 is 23.7 Å². The van der Waals surface area contributed by atoms with Crippen LogP contribution in [0.1, 0.15) is 30.5 Å². The first kappa shape index (κ1) is 22.2. The van der Waals surface area contributed by atoms with Gasteiger partial charge in [-0.2, -0.15) is 0 Å². The highest BCUT2D eigenvalue weighted by Crippen LogP contribution is 2.50. The first-order chi connectivity index (χ1) is 14.4. The molecule has 1 aliphatic carbocycles. The Bertz CT molecular complexity index is 1050. The highest BCUT2D eigenvalue weighted by molar-refractivity contribution is 14.1. The van der Waals surface area contributed by atoms with Crippen LogP contribution in [0.5, 0.6) is 23.0 Å². The SMILES string of the molecule is COc1cc2c(c(OC)c1OC)-c1cc(I)c(OC)c(=O)cc1C(NC(C)=O)CC2. The Labute approximate surface area is 188 Å². The van der Waals surface area contributed by atoms with Crippen molar-refractivity contribution >= 4 is 28.5 Å². The number of aryl methyl sites for hydroxylation is 1. The van der Waals surface area contributed by atoms with E-state index in [4.69, 9.17) is 18.9 Å². The van der Waals surface area contributed by atoms with E-state index in [1.165, 1.54) is 14.0 Å². The number of carbonyl (C=O) groups excluding carboxylic acids is 1. The summed E-state index contributed by atoms with van der Waals surface area (Å²) in [5.74, 6) is 1.64. The van der Waals surface area contributed by atoms with E-state index in [0.29, 0.717) is 39.2 Å². The van der Waals surface area contributed by atoms with Gasteiger partial charge >= 0.3 is 0 Å². The van der Waals surface area contributed by atoms with Crippen LogP contribution >= 0.6 is 22.6 Å². The Balaban J connectivity index is 2.47. The molecule has 0 aromatic heterocycles. The normalized spacial score (nSPS) is 14.7. The maximum absolute atomic E-state index is 12.9. The standard InChI is InChI=1S/C22H24INO6/c1-11(25)24-16-7-6-12-8-18(27-2)21(29-4)22(30-5)19(12)14-9-15(23)20(28-3)17(26)10-13(14)16/h8-10,16H,6-7H2,1-5H3,(H,24,25). The fraction of sp³-hybridized carbons (Fsp3) is 0.364. The molecule has 0 spiro atoms. The van der Waals surface area contributed by atoms with Crippen LogP contribution in [-0.4, -0.2) is 34.3 Å². The number of methoxy groups -OCH3 is 4. The molecule has 1 unspecified atom stereocenters. The number of hydrogen-bond donors (Lipinski definition) is 1. The van der Waals surface area contributed by atoms with Crippen LogP contribution in [0.25, 0.3) is 11.1 Å². The van der Waals surface area contributed by atoms with Crippen LogP contribution in [-0.2, 0) is 11.2 Å². The number of rotatable bonds is 5. The Morgan fingerprint density at radius 1 is 1.00 bits per heavy atom. The fourth-order valence-corrected chi connectivity index (χ4v) is 4.73. The van der Waals surface area contributed by atoms with Crippen LogP contribution in [0.4, 0.5) is 0 Å². The maximum Gasteiger partial charge on any atom is 0.221 e. The molecular weight excluding hydrogens is 501 g/mol. The molecule has 2 aromatic rings. The minimum Gasteiger partial charge on any atom is -0.493 e. The first-order valence-corrected chi connectivity index (χ1v) is 10.4. The summed E-state index contributed by atoms with van der Waals surface area (Å²) in [6.45, 7) is 1.47. The number of ether oxygens (including phenoxy) is 4. The molecule has 3 rings (SSSR count). The van der Waals surface area contributed by atoms with E-state index < -0.39 is 0 Å². The quantitative estimate of drug-likeness (QED) is 0.603. The molecule has 1 atom stereocenters. The number of amides is 1.